The van der Waals surface area contributed by atoms with E-state index in [1.807, 2.05) is 7.11 Å². The number of hydrogen-bond donors (Lipinski definition) is 0. The normalized spacial score (nSPS) is 25.7. The third-order valence-electron chi connectivity index (χ3n) is 3.42. The topological polar surface area (TPSA) is 9.23 Å². The zero-order valence-electron chi connectivity index (χ0n) is 9.49. The molecule has 0 bridgehead atoms. The Morgan fingerprint density at radius 2 is 1.87 bits per heavy atom. The van der Waals surface area contributed by atoms with Crippen LogP contribution in [0.2, 0.25) is 0 Å². The first-order valence-electron chi connectivity index (χ1n) is 5.91. The molecular weight excluding hydrogens is 184 g/mol. The largest absolute Gasteiger partial charge is 0.384 e. The van der Waals surface area contributed by atoms with Crippen LogP contribution in [-0.4, -0.2) is 13.7 Å². The van der Waals surface area contributed by atoms with E-state index in [1.165, 1.54) is 31.2 Å². The van der Waals surface area contributed by atoms with E-state index in [-0.39, 0.29) is 0 Å². The van der Waals surface area contributed by atoms with Gasteiger partial charge in [0.2, 0.25) is 0 Å². The van der Waals surface area contributed by atoms with E-state index in [9.17, 15) is 0 Å². The molecule has 0 unspecified atom stereocenters. The van der Waals surface area contributed by atoms with Crippen LogP contribution in [0.15, 0.2) is 30.3 Å². The van der Waals surface area contributed by atoms with Crippen molar-refractivity contribution < 1.29 is 4.74 Å². The summed E-state index contributed by atoms with van der Waals surface area (Å²) in [6.07, 6.45) is 5.33. The first kappa shape index (κ1) is 10.7. The molecule has 1 fully saturated rings. The third kappa shape index (κ3) is 3.07. The molecule has 0 aliphatic heterocycles. The monoisotopic (exact) mass is 204 g/mol. The maximum atomic E-state index is 5.22. The molecule has 1 nitrogen and oxygen atoms in total. The number of hydrogen-bond acceptors (Lipinski definition) is 1. The molecule has 2 atom stereocenters. The molecule has 0 saturated heterocycles. The van der Waals surface area contributed by atoms with Crippen LogP contribution < -0.4 is 0 Å². The number of ether oxygens (including phenoxy) is 1. The van der Waals surface area contributed by atoms with Gasteiger partial charge >= 0.3 is 0 Å². The molecule has 2 rings (SSSR count). The van der Waals surface area contributed by atoms with Crippen molar-refractivity contribution in [3.63, 3.8) is 0 Å². The minimum atomic E-state index is 0.809. The summed E-state index contributed by atoms with van der Waals surface area (Å²) < 4.78 is 5.22. The van der Waals surface area contributed by atoms with E-state index >= 15 is 0 Å². The van der Waals surface area contributed by atoms with E-state index in [2.05, 4.69) is 30.3 Å². The number of methoxy groups -OCH3 is 1. The van der Waals surface area contributed by atoms with Gasteiger partial charge in [0, 0.05) is 13.7 Å². The summed E-state index contributed by atoms with van der Waals surface area (Å²) in [4.78, 5) is 0. The lowest BCUT2D eigenvalue weighted by atomic mass is 9.97. The Hall–Kier alpha value is -0.820. The molecule has 0 radical (unpaired) electrons. The van der Waals surface area contributed by atoms with Gasteiger partial charge in [-0.2, -0.15) is 0 Å². The van der Waals surface area contributed by atoms with Crippen LogP contribution in [0.5, 0.6) is 0 Å². The molecule has 0 aromatic heterocycles. The zero-order chi connectivity index (χ0) is 10.5. The summed E-state index contributed by atoms with van der Waals surface area (Å²) in [5, 5.41) is 0. The molecular formula is C14H20O. The fourth-order valence-corrected chi connectivity index (χ4v) is 2.70. The van der Waals surface area contributed by atoms with Crippen molar-refractivity contribution in [2.24, 2.45) is 11.8 Å². The van der Waals surface area contributed by atoms with Gasteiger partial charge in [0.25, 0.3) is 0 Å². The van der Waals surface area contributed by atoms with E-state index in [0.29, 0.717) is 0 Å². The summed E-state index contributed by atoms with van der Waals surface area (Å²) in [6, 6.07) is 10.8. The van der Waals surface area contributed by atoms with Crippen molar-refractivity contribution in [2.75, 3.05) is 13.7 Å². The molecule has 1 heteroatoms. The van der Waals surface area contributed by atoms with Crippen LogP contribution in [0.3, 0.4) is 0 Å². The lowest BCUT2D eigenvalue weighted by molar-refractivity contribution is 0.153. The minimum absolute atomic E-state index is 0.809. The molecule has 1 aromatic carbocycles. The van der Waals surface area contributed by atoms with Gasteiger partial charge in [-0.1, -0.05) is 30.3 Å². The summed E-state index contributed by atoms with van der Waals surface area (Å²) in [5.41, 5.74) is 1.49. The van der Waals surface area contributed by atoms with Crippen molar-refractivity contribution in [2.45, 2.75) is 25.7 Å². The predicted molar refractivity (Wildman–Crippen MR) is 62.9 cm³/mol. The molecule has 1 aliphatic rings. The van der Waals surface area contributed by atoms with Crippen LogP contribution in [0, 0.1) is 11.8 Å². The van der Waals surface area contributed by atoms with Gasteiger partial charge in [-0.15, -0.1) is 0 Å². The van der Waals surface area contributed by atoms with Crippen molar-refractivity contribution in [1.29, 1.82) is 0 Å². The van der Waals surface area contributed by atoms with Gasteiger partial charge in [0.1, 0.15) is 0 Å². The zero-order valence-corrected chi connectivity index (χ0v) is 9.49. The van der Waals surface area contributed by atoms with Gasteiger partial charge < -0.3 is 4.74 Å². The molecule has 82 valence electrons. The Morgan fingerprint density at radius 1 is 1.13 bits per heavy atom. The standard InChI is InChI=1S/C14H20O/c1-15-11-14-8-7-13(10-14)9-12-5-3-2-4-6-12/h2-6,13-14H,7-11H2,1H3/t13-,14+/m0/s1. The maximum Gasteiger partial charge on any atom is 0.0490 e. The van der Waals surface area contributed by atoms with Crippen molar-refractivity contribution >= 4 is 0 Å². The Labute approximate surface area is 92.5 Å². The second kappa shape index (κ2) is 5.32. The fourth-order valence-electron chi connectivity index (χ4n) is 2.70. The van der Waals surface area contributed by atoms with Gasteiger partial charge in [0.15, 0.2) is 0 Å². The Morgan fingerprint density at radius 3 is 2.60 bits per heavy atom. The fraction of sp³-hybridized carbons (Fsp3) is 0.571. The second-order valence-corrected chi connectivity index (χ2v) is 4.69. The van der Waals surface area contributed by atoms with Crippen molar-refractivity contribution in [1.82, 2.24) is 0 Å². The molecule has 1 saturated carbocycles. The van der Waals surface area contributed by atoms with E-state index in [0.717, 1.165) is 18.4 Å². The van der Waals surface area contributed by atoms with Gasteiger partial charge in [-0.3, -0.25) is 0 Å². The molecule has 0 spiro atoms. The summed E-state index contributed by atoms with van der Waals surface area (Å²) in [7, 11) is 1.81. The highest BCUT2D eigenvalue weighted by Gasteiger charge is 2.24. The minimum Gasteiger partial charge on any atom is -0.384 e. The van der Waals surface area contributed by atoms with E-state index < -0.39 is 0 Å². The Kier molecular flexibility index (Phi) is 3.79. The summed E-state index contributed by atoms with van der Waals surface area (Å²) in [5.74, 6) is 1.69. The van der Waals surface area contributed by atoms with Crippen LogP contribution in [-0.2, 0) is 11.2 Å². The van der Waals surface area contributed by atoms with Crippen LogP contribution in [0.25, 0.3) is 0 Å². The average molecular weight is 204 g/mol. The Bertz CT molecular complexity index is 281. The first-order valence-corrected chi connectivity index (χ1v) is 5.91. The lowest BCUT2D eigenvalue weighted by Gasteiger charge is -2.10. The highest BCUT2D eigenvalue weighted by atomic mass is 16.5. The van der Waals surface area contributed by atoms with Crippen molar-refractivity contribution in [3.8, 4) is 0 Å². The van der Waals surface area contributed by atoms with Crippen LogP contribution in [0.1, 0.15) is 24.8 Å². The molecule has 0 N–H and O–H groups in total. The summed E-state index contributed by atoms with van der Waals surface area (Å²) in [6.45, 7) is 0.950. The molecule has 1 aliphatic carbocycles. The van der Waals surface area contributed by atoms with Gasteiger partial charge in [-0.25, -0.2) is 0 Å². The lowest BCUT2D eigenvalue weighted by Crippen LogP contribution is -2.05. The first-order chi connectivity index (χ1) is 7.38. The van der Waals surface area contributed by atoms with Crippen molar-refractivity contribution in [3.05, 3.63) is 35.9 Å². The molecule has 0 heterocycles. The molecule has 1 aromatic rings. The van der Waals surface area contributed by atoms with E-state index in [1.54, 1.807) is 0 Å². The molecule has 15 heavy (non-hydrogen) atoms. The van der Waals surface area contributed by atoms with Gasteiger partial charge in [0.05, 0.1) is 0 Å². The Balaban J connectivity index is 1.82. The maximum absolute atomic E-state index is 5.22. The average Bonchev–Trinajstić information content (AvgIpc) is 2.68. The van der Waals surface area contributed by atoms with E-state index in [4.69, 9.17) is 4.74 Å². The highest BCUT2D eigenvalue weighted by Crippen LogP contribution is 2.33. The van der Waals surface area contributed by atoms with Gasteiger partial charge in [-0.05, 0) is 43.1 Å². The molecule has 0 amide bonds. The highest BCUT2D eigenvalue weighted by molar-refractivity contribution is 5.15. The SMILES string of the molecule is COC[C@@H]1CC[C@@H](Cc2ccccc2)C1. The van der Waals surface area contributed by atoms with Crippen LogP contribution >= 0.6 is 0 Å². The predicted octanol–water partition coefficient (Wildman–Crippen LogP) is 3.29. The third-order valence-corrected chi connectivity index (χ3v) is 3.42. The quantitative estimate of drug-likeness (QED) is 0.731. The number of benzene rings is 1. The smallest absolute Gasteiger partial charge is 0.0490 e. The van der Waals surface area contributed by atoms with Crippen LogP contribution in [0.4, 0.5) is 0 Å². The second-order valence-electron chi connectivity index (χ2n) is 4.69. The number of rotatable bonds is 4. The summed E-state index contributed by atoms with van der Waals surface area (Å²) >= 11 is 0.